The third kappa shape index (κ3) is 3.52. The molecule has 2 aromatic rings. The first-order valence-corrected chi connectivity index (χ1v) is 9.59. The second kappa shape index (κ2) is 6.88. The fourth-order valence-corrected chi connectivity index (χ4v) is 6.19. The molecule has 0 nitrogen and oxygen atoms in total. The van der Waals surface area contributed by atoms with E-state index in [0.29, 0.717) is 0 Å². The maximum absolute atomic E-state index is 3.82. The van der Waals surface area contributed by atoms with Gasteiger partial charge in [0, 0.05) is 0 Å². The number of rotatable bonds is 4. The molecule has 0 N–H and O–H groups in total. The molecule has 1 aromatic heterocycles. The standard InChI is InChI=1S/C15H15Br3S/c1-3-9-5-6-11(7-10(9)4-2)14(17)12-8-13(16)19-15(12)18/h5-8,14H,3-4H2,1-2H3. The molecule has 0 fully saturated rings. The predicted octanol–water partition coefficient (Wildman–Crippen LogP) is 6.88. The molecule has 0 spiro atoms. The lowest BCUT2D eigenvalue weighted by atomic mass is 9.97. The van der Waals surface area contributed by atoms with Crippen molar-refractivity contribution in [2.24, 2.45) is 0 Å². The molecule has 0 aliphatic rings. The van der Waals surface area contributed by atoms with Gasteiger partial charge in [0.1, 0.15) is 0 Å². The van der Waals surface area contributed by atoms with Crippen molar-refractivity contribution in [1.29, 1.82) is 0 Å². The molecule has 0 saturated heterocycles. The summed E-state index contributed by atoms with van der Waals surface area (Å²) in [6.07, 6.45) is 2.19. The van der Waals surface area contributed by atoms with E-state index in [-0.39, 0.29) is 4.83 Å². The van der Waals surface area contributed by atoms with Crippen molar-refractivity contribution in [1.82, 2.24) is 0 Å². The number of aryl methyl sites for hydroxylation is 2. The first-order chi connectivity index (χ1) is 9.06. The predicted molar refractivity (Wildman–Crippen MR) is 95.7 cm³/mol. The van der Waals surface area contributed by atoms with Gasteiger partial charge >= 0.3 is 0 Å². The van der Waals surface area contributed by atoms with Crippen LogP contribution in [0.3, 0.4) is 0 Å². The third-order valence-corrected chi connectivity index (χ3v) is 6.65. The van der Waals surface area contributed by atoms with Gasteiger partial charge in [0.05, 0.1) is 12.4 Å². The van der Waals surface area contributed by atoms with Gasteiger partial charge in [-0.2, -0.15) is 0 Å². The van der Waals surface area contributed by atoms with Crippen LogP contribution < -0.4 is 0 Å². The minimum atomic E-state index is 0.237. The topological polar surface area (TPSA) is 0 Å². The Morgan fingerprint density at radius 1 is 1.05 bits per heavy atom. The summed E-state index contributed by atoms with van der Waals surface area (Å²) in [6, 6.07) is 9.00. The molecule has 19 heavy (non-hydrogen) atoms. The second-order valence-electron chi connectivity index (χ2n) is 4.38. The Balaban J connectivity index is 2.39. The number of thiophene rings is 1. The molecular weight excluding hydrogens is 452 g/mol. The van der Waals surface area contributed by atoms with Gasteiger partial charge in [-0.25, -0.2) is 0 Å². The van der Waals surface area contributed by atoms with Crippen LogP contribution in [0.1, 0.15) is 40.9 Å². The summed E-state index contributed by atoms with van der Waals surface area (Å²) in [5.74, 6) is 0. The zero-order valence-corrected chi connectivity index (χ0v) is 16.4. The third-order valence-electron chi connectivity index (χ3n) is 3.24. The highest BCUT2D eigenvalue weighted by Gasteiger charge is 2.17. The molecule has 2 rings (SSSR count). The zero-order chi connectivity index (χ0) is 14.0. The molecule has 1 aromatic carbocycles. The summed E-state index contributed by atoms with van der Waals surface area (Å²) in [4.78, 5) is 0.237. The van der Waals surface area contributed by atoms with Gasteiger partial charge in [0.2, 0.25) is 0 Å². The summed E-state index contributed by atoms with van der Waals surface area (Å²) >= 11 is 12.7. The molecule has 102 valence electrons. The average molecular weight is 467 g/mol. The van der Waals surface area contributed by atoms with E-state index in [1.807, 2.05) is 0 Å². The van der Waals surface area contributed by atoms with Crippen LogP contribution in [-0.4, -0.2) is 0 Å². The molecule has 1 atom stereocenters. The molecule has 0 aliphatic carbocycles. The van der Waals surface area contributed by atoms with Gasteiger partial charge in [0.15, 0.2) is 0 Å². The average Bonchev–Trinajstić information content (AvgIpc) is 2.76. The molecule has 1 heterocycles. The fraction of sp³-hybridized carbons (Fsp3) is 0.333. The molecule has 4 heteroatoms. The summed E-state index contributed by atoms with van der Waals surface area (Å²) in [5, 5.41) is 0. The molecule has 0 amide bonds. The monoisotopic (exact) mass is 464 g/mol. The Morgan fingerprint density at radius 3 is 2.26 bits per heavy atom. The molecule has 1 unspecified atom stereocenters. The number of alkyl halides is 1. The maximum atomic E-state index is 3.82. The first kappa shape index (κ1) is 15.7. The Morgan fingerprint density at radius 2 is 1.74 bits per heavy atom. The zero-order valence-electron chi connectivity index (χ0n) is 10.8. The highest BCUT2D eigenvalue weighted by Crippen LogP contribution is 2.42. The summed E-state index contributed by atoms with van der Waals surface area (Å²) in [5.41, 5.74) is 5.51. The van der Waals surface area contributed by atoms with Crippen LogP contribution in [0.5, 0.6) is 0 Å². The van der Waals surface area contributed by atoms with Crippen molar-refractivity contribution in [2.75, 3.05) is 0 Å². The van der Waals surface area contributed by atoms with Crippen LogP contribution in [-0.2, 0) is 12.8 Å². The van der Waals surface area contributed by atoms with Crippen LogP contribution in [0, 0.1) is 0 Å². The van der Waals surface area contributed by atoms with Crippen molar-refractivity contribution < 1.29 is 0 Å². The SMILES string of the molecule is CCc1ccc(C(Br)c2cc(Br)sc2Br)cc1CC. The van der Waals surface area contributed by atoms with Gasteiger partial charge in [-0.05, 0) is 73.0 Å². The van der Waals surface area contributed by atoms with E-state index >= 15 is 0 Å². The normalized spacial score (nSPS) is 12.7. The Labute approximate surface area is 144 Å². The van der Waals surface area contributed by atoms with Gasteiger partial charge in [-0.1, -0.05) is 48.0 Å². The van der Waals surface area contributed by atoms with Gasteiger partial charge in [-0.15, -0.1) is 11.3 Å². The minimum absolute atomic E-state index is 0.237. The molecular formula is C15H15Br3S. The van der Waals surface area contributed by atoms with Crippen molar-refractivity contribution in [3.8, 4) is 0 Å². The van der Waals surface area contributed by atoms with Crippen LogP contribution in [0.25, 0.3) is 0 Å². The maximum Gasteiger partial charge on any atom is 0.0757 e. The summed E-state index contributed by atoms with van der Waals surface area (Å²) in [6.45, 7) is 4.44. The van der Waals surface area contributed by atoms with Crippen LogP contribution in [0.4, 0.5) is 0 Å². The molecule has 0 aliphatic heterocycles. The lowest BCUT2D eigenvalue weighted by Crippen LogP contribution is -1.97. The van der Waals surface area contributed by atoms with Gasteiger partial charge in [-0.3, -0.25) is 0 Å². The van der Waals surface area contributed by atoms with Crippen molar-refractivity contribution in [3.63, 3.8) is 0 Å². The summed E-state index contributed by atoms with van der Waals surface area (Å²) in [7, 11) is 0. The van der Waals surface area contributed by atoms with E-state index in [4.69, 9.17) is 0 Å². The highest BCUT2D eigenvalue weighted by molar-refractivity contribution is 9.12. The first-order valence-electron chi connectivity index (χ1n) is 6.27. The van der Waals surface area contributed by atoms with Gasteiger partial charge < -0.3 is 0 Å². The fourth-order valence-electron chi connectivity index (χ4n) is 2.18. The molecule has 0 radical (unpaired) electrons. The molecule has 0 saturated carbocycles. The van der Waals surface area contributed by atoms with Gasteiger partial charge in [0.25, 0.3) is 0 Å². The van der Waals surface area contributed by atoms with E-state index in [1.165, 1.54) is 26.0 Å². The Kier molecular flexibility index (Phi) is 5.70. The van der Waals surface area contributed by atoms with Crippen LogP contribution >= 0.6 is 59.1 Å². The van der Waals surface area contributed by atoms with Crippen molar-refractivity contribution in [3.05, 3.63) is 54.1 Å². The van der Waals surface area contributed by atoms with E-state index in [9.17, 15) is 0 Å². The second-order valence-corrected chi connectivity index (χ2v) is 9.04. The summed E-state index contributed by atoms with van der Waals surface area (Å²) < 4.78 is 2.33. The lowest BCUT2D eigenvalue weighted by Gasteiger charge is -2.13. The Bertz CT molecular complexity index is 575. The molecule has 0 bridgehead atoms. The minimum Gasteiger partial charge on any atom is -0.121 e. The highest BCUT2D eigenvalue weighted by atomic mass is 79.9. The number of halogens is 3. The number of hydrogen-bond donors (Lipinski definition) is 0. The van der Waals surface area contributed by atoms with E-state index in [1.54, 1.807) is 11.3 Å². The number of hydrogen-bond acceptors (Lipinski definition) is 1. The van der Waals surface area contributed by atoms with Crippen molar-refractivity contribution >= 4 is 59.1 Å². The van der Waals surface area contributed by atoms with Crippen LogP contribution in [0.15, 0.2) is 31.8 Å². The van der Waals surface area contributed by atoms with E-state index in [2.05, 4.69) is 85.9 Å². The smallest absolute Gasteiger partial charge is 0.0757 e. The lowest BCUT2D eigenvalue weighted by molar-refractivity contribution is 1.02. The quantitative estimate of drug-likeness (QED) is 0.431. The van der Waals surface area contributed by atoms with E-state index in [0.717, 1.165) is 16.6 Å². The number of benzene rings is 1. The van der Waals surface area contributed by atoms with Crippen LogP contribution in [0.2, 0.25) is 0 Å². The van der Waals surface area contributed by atoms with E-state index < -0.39 is 0 Å². The largest absolute Gasteiger partial charge is 0.121 e. The van der Waals surface area contributed by atoms with Crippen molar-refractivity contribution in [2.45, 2.75) is 31.5 Å². The Hall–Kier alpha value is 0.360.